The quantitative estimate of drug-likeness (QED) is 0.682. The van der Waals surface area contributed by atoms with Gasteiger partial charge in [0.25, 0.3) is 0 Å². The van der Waals surface area contributed by atoms with Gasteiger partial charge in [-0.25, -0.2) is 4.79 Å². The van der Waals surface area contributed by atoms with Crippen molar-refractivity contribution in [3.8, 4) is 0 Å². The van der Waals surface area contributed by atoms with Gasteiger partial charge in [-0.05, 0) is 33.6 Å². The van der Waals surface area contributed by atoms with Gasteiger partial charge in [0.15, 0.2) is 0 Å². The molecule has 0 aromatic rings. The summed E-state index contributed by atoms with van der Waals surface area (Å²) in [5.41, 5.74) is -0.673. The van der Waals surface area contributed by atoms with Crippen LogP contribution in [-0.4, -0.2) is 36.2 Å². The van der Waals surface area contributed by atoms with E-state index in [-0.39, 0.29) is 51.4 Å². The van der Waals surface area contributed by atoms with Crippen LogP contribution >= 0.6 is 0 Å². The van der Waals surface area contributed by atoms with Gasteiger partial charge in [-0.1, -0.05) is 6.32 Å². The summed E-state index contributed by atoms with van der Waals surface area (Å²) in [7, 11) is 0. The summed E-state index contributed by atoms with van der Waals surface area (Å²) in [6.07, 6.45) is -0.518. The number of hydrogen-bond donors (Lipinski definition) is 0. The molecule has 0 N–H and O–H groups in total. The van der Waals surface area contributed by atoms with Crippen LogP contribution in [0.1, 0.15) is 33.6 Å². The number of carbonyl (C=O) groups excluding carboxylic acids is 1. The monoisotopic (exact) mass is 291 g/mol. The Bertz CT molecular complexity index is 294. The van der Waals surface area contributed by atoms with Crippen molar-refractivity contribution in [1.29, 1.82) is 0 Å². The summed E-state index contributed by atoms with van der Waals surface area (Å²) in [5.74, 6) is 0. The summed E-state index contributed by atoms with van der Waals surface area (Å²) in [6, 6.07) is -0.746. The van der Waals surface area contributed by atoms with Crippen LogP contribution in [0.5, 0.6) is 0 Å². The van der Waals surface area contributed by atoms with Crippen LogP contribution < -0.4 is 51.4 Å². The first kappa shape index (κ1) is 18.8. The fourth-order valence-electron chi connectivity index (χ4n) is 1.95. The zero-order valence-electron chi connectivity index (χ0n) is 11.4. The minimum Gasteiger partial charge on any atom is -0.449 e. The number of amides is 1. The third-order valence-electron chi connectivity index (χ3n) is 2.54. The van der Waals surface area contributed by atoms with Gasteiger partial charge in [0.2, 0.25) is 0 Å². The van der Waals surface area contributed by atoms with Crippen molar-refractivity contribution in [2.24, 2.45) is 0 Å². The van der Waals surface area contributed by atoms with Gasteiger partial charge in [-0.2, -0.15) is 0 Å². The van der Waals surface area contributed by atoms with Crippen LogP contribution in [0.3, 0.4) is 0 Å². The van der Waals surface area contributed by atoms with Crippen molar-refractivity contribution in [1.82, 2.24) is 4.90 Å². The van der Waals surface area contributed by atoms with Crippen molar-refractivity contribution >= 4 is 13.1 Å². The Morgan fingerprint density at radius 3 is 2.39 bits per heavy atom. The Morgan fingerprint density at radius 1 is 1.39 bits per heavy atom. The van der Waals surface area contributed by atoms with Crippen LogP contribution in [-0.2, 0) is 4.74 Å². The molecule has 3 nitrogen and oxygen atoms in total. The number of likely N-dealkylation sites (tertiary alicyclic amines) is 1. The predicted octanol–water partition coefficient (Wildman–Crippen LogP) is 0.237. The van der Waals surface area contributed by atoms with Crippen LogP contribution in [0, 0.1) is 0 Å². The summed E-state index contributed by atoms with van der Waals surface area (Å²) < 4.78 is 42.2. The van der Waals surface area contributed by atoms with Gasteiger partial charge in [0.1, 0.15) is 5.60 Å². The number of hydrogen-bond acceptors (Lipinski definition) is 2. The molecule has 1 atom stereocenters. The van der Waals surface area contributed by atoms with Crippen LogP contribution in [0.25, 0.3) is 0 Å². The van der Waals surface area contributed by atoms with Crippen molar-refractivity contribution in [3.63, 3.8) is 0 Å². The maximum atomic E-state index is 12.4. The molecular weight excluding hydrogens is 273 g/mol. The predicted molar refractivity (Wildman–Crippen MR) is 59.8 cm³/mol. The second kappa shape index (κ2) is 6.97. The number of rotatable bonds is 2. The first-order valence-electron chi connectivity index (χ1n) is 5.79. The number of nitrogens with zero attached hydrogens (tertiary/aromatic N) is 1. The zero-order valence-corrected chi connectivity index (χ0v) is 14.5. The molecule has 1 unspecified atom stereocenters. The van der Waals surface area contributed by atoms with Crippen molar-refractivity contribution < 1.29 is 73.9 Å². The molecule has 1 saturated heterocycles. The van der Waals surface area contributed by atoms with Crippen LogP contribution in [0.2, 0.25) is 6.32 Å². The summed E-state index contributed by atoms with van der Waals surface area (Å²) in [6.45, 7) is 0.587. The van der Waals surface area contributed by atoms with E-state index in [2.05, 4.69) is 0 Å². The van der Waals surface area contributed by atoms with E-state index in [9.17, 15) is 17.7 Å². The Hall–Kier alpha value is 0.761. The number of ether oxygens (including phenoxy) is 1. The minimum absolute atomic E-state index is 0. The van der Waals surface area contributed by atoms with Crippen molar-refractivity contribution in [2.45, 2.75) is 51.6 Å². The molecule has 1 fully saturated rings. The van der Waals surface area contributed by atoms with E-state index < -0.39 is 31.0 Å². The molecule has 1 rings (SSSR count). The molecule has 8 heteroatoms. The van der Waals surface area contributed by atoms with Gasteiger partial charge in [0, 0.05) is 12.6 Å². The average molecular weight is 291 g/mol. The fraction of sp³-hybridized carbons (Fsp3) is 0.900. The number of halogens is 3. The Balaban J connectivity index is 0.00000289. The minimum atomic E-state index is -4.86. The molecule has 0 aliphatic carbocycles. The molecule has 100 valence electrons. The van der Waals surface area contributed by atoms with E-state index in [0.717, 1.165) is 0 Å². The Kier molecular flexibility index (Phi) is 7.26. The summed E-state index contributed by atoms with van der Waals surface area (Å²) in [4.78, 5) is 12.9. The molecule has 0 bridgehead atoms. The third-order valence-corrected chi connectivity index (χ3v) is 2.54. The molecule has 1 aliphatic heterocycles. The molecule has 0 spiro atoms. The Labute approximate surface area is 148 Å². The largest absolute Gasteiger partial charge is 1.00 e. The van der Waals surface area contributed by atoms with Crippen molar-refractivity contribution in [3.05, 3.63) is 0 Å². The maximum absolute atomic E-state index is 12.4. The van der Waals surface area contributed by atoms with E-state index in [1.807, 2.05) is 0 Å². The maximum Gasteiger partial charge on any atom is 1.00 e. The smallest absolute Gasteiger partial charge is 0.449 e. The first-order chi connectivity index (χ1) is 7.58. The second-order valence-corrected chi connectivity index (χ2v) is 5.42. The van der Waals surface area contributed by atoms with Gasteiger partial charge < -0.3 is 22.6 Å². The van der Waals surface area contributed by atoms with Crippen LogP contribution in [0.4, 0.5) is 17.7 Å². The van der Waals surface area contributed by atoms with E-state index in [1.165, 1.54) is 4.90 Å². The fourth-order valence-corrected chi connectivity index (χ4v) is 1.95. The molecule has 0 aromatic heterocycles. The molecule has 0 radical (unpaired) electrons. The SMILES string of the molecule is CC(C)(C)OC(=O)N1CCCC1C[B-](F)(F)F.[K+]. The summed E-state index contributed by atoms with van der Waals surface area (Å²) in [5, 5.41) is 0. The second-order valence-electron chi connectivity index (χ2n) is 5.42. The average Bonchev–Trinajstić information content (AvgIpc) is 2.45. The van der Waals surface area contributed by atoms with E-state index in [0.29, 0.717) is 19.4 Å². The molecule has 18 heavy (non-hydrogen) atoms. The number of carbonyl (C=O) groups is 1. The molecule has 1 heterocycles. The molecular formula is C10H18BF3KNO2. The van der Waals surface area contributed by atoms with E-state index in [1.54, 1.807) is 20.8 Å². The van der Waals surface area contributed by atoms with Crippen LogP contribution in [0.15, 0.2) is 0 Å². The van der Waals surface area contributed by atoms with Gasteiger partial charge in [0.05, 0.1) is 0 Å². The van der Waals surface area contributed by atoms with Gasteiger partial charge >= 0.3 is 64.5 Å². The molecule has 1 amide bonds. The topological polar surface area (TPSA) is 29.5 Å². The standard InChI is InChI=1S/C10H18BF3NO2.K/c1-10(2,3)17-9(16)15-6-4-5-8(15)7-11(12,13)14;/h8H,4-7H2,1-3H3;/q-1;+1. The molecule has 0 aromatic carbocycles. The Morgan fingerprint density at radius 2 is 1.94 bits per heavy atom. The zero-order chi connectivity index (χ0) is 13.3. The van der Waals surface area contributed by atoms with Gasteiger partial charge in [-0.3, -0.25) is 0 Å². The van der Waals surface area contributed by atoms with Crippen molar-refractivity contribution in [2.75, 3.05) is 6.54 Å². The first-order valence-corrected chi connectivity index (χ1v) is 5.79. The molecule has 0 saturated carbocycles. The summed E-state index contributed by atoms with van der Waals surface area (Å²) >= 11 is 0. The van der Waals surface area contributed by atoms with Gasteiger partial charge in [-0.15, -0.1) is 0 Å². The van der Waals surface area contributed by atoms with E-state index in [4.69, 9.17) is 4.74 Å². The third kappa shape index (κ3) is 6.79. The normalized spacial score (nSPS) is 20.6. The molecule has 1 aliphatic rings. The van der Waals surface area contributed by atoms with E-state index >= 15 is 0 Å².